The molecule has 3 N–H and O–H groups in total. The summed E-state index contributed by atoms with van der Waals surface area (Å²) in [6, 6.07) is 21.3. The molecular formula is C26H24ClN3O3. The quantitative estimate of drug-likeness (QED) is 0.361. The fourth-order valence-electron chi connectivity index (χ4n) is 3.77. The Kier molecular flexibility index (Phi) is 6.95. The maximum Gasteiger partial charge on any atom is 0.253 e. The SMILES string of the molecule is COc1ccccc1CNC(=O)[C@H](Cc1c[nH]c2ccccc12)NC(=O)c1ccccc1Cl. The molecule has 1 heterocycles. The highest BCUT2D eigenvalue weighted by Gasteiger charge is 2.24. The Morgan fingerprint density at radius 3 is 2.52 bits per heavy atom. The number of rotatable bonds is 8. The van der Waals surface area contributed by atoms with Gasteiger partial charge in [-0.15, -0.1) is 0 Å². The van der Waals surface area contributed by atoms with Gasteiger partial charge in [0.15, 0.2) is 0 Å². The molecule has 0 aliphatic carbocycles. The number of carbonyl (C=O) groups excluding carboxylic acids is 2. The number of amides is 2. The van der Waals surface area contributed by atoms with Crippen molar-refractivity contribution in [2.45, 2.75) is 19.0 Å². The molecular weight excluding hydrogens is 438 g/mol. The first-order chi connectivity index (χ1) is 16.1. The van der Waals surface area contributed by atoms with Crippen LogP contribution in [0.1, 0.15) is 21.5 Å². The number of hydrogen-bond donors (Lipinski definition) is 3. The van der Waals surface area contributed by atoms with E-state index in [0.717, 1.165) is 22.0 Å². The molecule has 1 aromatic heterocycles. The van der Waals surface area contributed by atoms with Gasteiger partial charge in [0.1, 0.15) is 11.8 Å². The Morgan fingerprint density at radius 1 is 0.970 bits per heavy atom. The Morgan fingerprint density at radius 2 is 1.70 bits per heavy atom. The second-order valence-electron chi connectivity index (χ2n) is 7.60. The number of nitrogens with one attached hydrogen (secondary N) is 3. The maximum absolute atomic E-state index is 13.2. The van der Waals surface area contributed by atoms with Crippen LogP contribution in [0.5, 0.6) is 5.75 Å². The number of H-pyrrole nitrogens is 1. The van der Waals surface area contributed by atoms with Crippen LogP contribution in [-0.2, 0) is 17.8 Å². The van der Waals surface area contributed by atoms with E-state index in [0.29, 0.717) is 22.8 Å². The van der Waals surface area contributed by atoms with Crippen LogP contribution in [0.4, 0.5) is 0 Å². The fourth-order valence-corrected chi connectivity index (χ4v) is 3.99. The van der Waals surface area contributed by atoms with Gasteiger partial charge in [0, 0.05) is 35.6 Å². The minimum Gasteiger partial charge on any atom is -0.496 e. The van der Waals surface area contributed by atoms with E-state index in [1.165, 1.54) is 0 Å². The topological polar surface area (TPSA) is 83.2 Å². The van der Waals surface area contributed by atoms with E-state index in [4.69, 9.17) is 16.3 Å². The van der Waals surface area contributed by atoms with Gasteiger partial charge < -0.3 is 20.4 Å². The fraction of sp³-hybridized carbons (Fsp3) is 0.154. The summed E-state index contributed by atoms with van der Waals surface area (Å²) in [5.41, 5.74) is 3.07. The number of halogens is 1. The molecule has 3 aromatic carbocycles. The number of para-hydroxylation sites is 2. The van der Waals surface area contributed by atoms with Crippen LogP contribution >= 0.6 is 11.6 Å². The molecule has 33 heavy (non-hydrogen) atoms. The lowest BCUT2D eigenvalue weighted by atomic mass is 10.0. The zero-order valence-electron chi connectivity index (χ0n) is 18.1. The van der Waals surface area contributed by atoms with Gasteiger partial charge in [-0.3, -0.25) is 9.59 Å². The van der Waals surface area contributed by atoms with Crippen LogP contribution in [0, 0.1) is 0 Å². The summed E-state index contributed by atoms with van der Waals surface area (Å²) >= 11 is 6.20. The third kappa shape index (κ3) is 5.18. The van der Waals surface area contributed by atoms with E-state index < -0.39 is 11.9 Å². The largest absolute Gasteiger partial charge is 0.496 e. The molecule has 0 saturated carbocycles. The molecule has 0 aliphatic heterocycles. The molecule has 168 valence electrons. The van der Waals surface area contributed by atoms with E-state index in [2.05, 4.69) is 15.6 Å². The summed E-state index contributed by atoms with van der Waals surface area (Å²) in [4.78, 5) is 29.4. The smallest absolute Gasteiger partial charge is 0.253 e. The van der Waals surface area contributed by atoms with Gasteiger partial charge >= 0.3 is 0 Å². The molecule has 0 aliphatic rings. The van der Waals surface area contributed by atoms with Crippen LogP contribution in [0.25, 0.3) is 10.9 Å². The molecule has 1 atom stereocenters. The number of aromatic nitrogens is 1. The van der Waals surface area contributed by atoms with E-state index in [9.17, 15) is 9.59 Å². The summed E-state index contributed by atoms with van der Waals surface area (Å²) in [7, 11) is 1.59. The summed E-state index contributed by atoms with van der Waals surface area (Å²) in [6.45, 7) is 0.273. The van der Waals surface area contributed by atoms with Crippen molar-refractivity contribution in [1.82, 2.24) is 15.6 Å². The Balaban J connectivity index is 1.56. The van der Waals surface area contributed by atoms with Crippen molar-refractivity contribution < 1.29 is 14.3 Å². The van der Waals surface area contributed by atoms with Crippen LogP contribution in [0.3, 0.4) is 0 Å². The first-order valence-corrected chi connectivity index (χ1v) is 10.9. The number of methoxy groups -OCH3 is 1. The van der Waals surface area contributed by atoms with Crippen molar-refractivity contribution in [2.75, 3.05) is 7.11 Å². The van der Waals surface area contributed by atoms with Gasteiger partial charge in [0.25, 0.3) is 5.91 Å². The second-order valence-corrected chi connectivity index (χ2v) is 8.01. The zero-order chi connectivity index (χ0) is 23.2. The highest BCUT2D eigenvalue weighted by Crippen LogP contribution is 2.21. The minimum absolute atomic E-state index is 0.273. The zero-order valence-corrected chi connectivity index (χ0v) is 18.9. The highest BCUT2D eigenvalue weighted by atomic mass is 35.5. The van der Waals surface area contributed by atoms with Crippen LogP contribution in [0.15, 0.2) is 79.0 Å². The van der Waals surface area contributed by atoms with Crippen molar-refractivity contribution in [2.24, 2.45) is 0 Å². The predicted molar refractivity (Wildman–Crippen MR) is 130 cm³/mol. The van der Waals surface area contributed by atoms with Crippen molar-refractivity contribution in [3.05, 3.63) is 101 Å². The Hall–Kier alpha value is -3.77. The molecule has 0 bridgehead atoms. The number of ether oxygens (including phenoxy) is 1. The predicted octanol–water partition coefficient (Wildman–Crippen LogP) is 4.49. The first kappa shape index (κ1) is 22.4. The molecule has 0 fully saturated rings. The summed E-state index contributed by atoms with van der Waals surface area (Å²) in [6.07, 6.45) is 2.19. The molecule has 4 rings (SSSR count). The van der Waals surface area contributed by atoms with Gasteiger partial charge in [0.2, 0.25) is 5.91 Å². The number of carbonyl (C=O) groups is 2. The number of hydrogen-bond acceptors (Lipinski definition) is 3. The number of fused-ring (bicyclic) bond motifs is 1. The molecule has 2 amide bonds. The Bertz CT molecular complexity index is 1280. The third-order valence-corrected chi connectivity index (χ3v) is 5.81. The van der Waals surface area contributed by atoms with Crippen molar-refractivity contribution in [3.63, 3.8) is 0 Å². The standard InChI is InChI=1S/C26H24ClN3O3/c1-33-24-13-7-2-8-17(24)15-29-26(32)23(30-25(31)20-10-3-5-11-21(20)27)14-18-16-28-22-12-6-4-9-19(18)22/h2-13,16,23,28H,14-15H2,1H3,(H,29,32)(H,30,31)/t23-/m0/s1. The second kappa shape index (κ2) is 10.2. The van der Waals surface area contributed by atoms with Crippen molar-refractivity contribution in [3.8, 4) is 5.75 Å². The molecule has 0 unspecified atom stereocenters. The molecule has 7 heteroatoms. The molecule has 0 radical (unpaired) electrons. The third-order valence-electron chi connectivity index (χ3n) is 5.48. The summed E-state index contributed by atoms with van der Waals surface area (Å²) in [5.74, 6) is -0.0180. The van der Waals surface area contributed by atoms with Gasteiger partial charge in [0.05, 0.1) is 17.7 Å². The van der Waals surface area contributed by atoms with E-state index >= 15 is 0 Å². The summed E-state index contributed by atoms with van der Waals surface area (Å²) in [5, 5.41) is 7.13. The highest BCUT2D eigenvalue weighted by molar-refractivity contribution is 6.33. The van der Waals surface area contributed by atoms with E-state index in [1.54, 1.807) is 31.4 Å². The van der Waals surface area contributed by atoms with Crippen LogP contribution < -0.4 is 15.4 Å². The van der Waals surface area contributed by atoms with Crippen LogP contribution in [-0.4, -0.2) is 29.9 Å². The Labute approximate surface area is 196 Å². The lowest BCUT2D eigenvalue weighted by molar-refractivity contribution is -0.123. The van der Waals surface area contributed by atoms with Crippen LogP contribution in [0.2, 0.25) is 5.02 Å². The summed E-state index contributed by atoms with van der Waals surface area (Å²) < 4.78 is 5.37. The average molecular weight is 462 g/mol. The van der Waals surface area contributed by atoms with Gasteiger partial charge in [-0.05, 0) is 29.8 Å². The number of aromatic amines is 1. The van der Waals surface area contributed by atoms with E-state index in [1.807, 2.05) is 54.7 Å². The van der Waals surface area contributed by atoms with Gasteiger partial charge in [-0.25, -0.2) is 0 Å². The van der Waals surface area contributed by atoms with E-state index in [-0.39, 0.29) is 12.5 Å². The van der Waals surface area contributed by atoms with Crippen molar-refractivity contribution >= 4 is 34.3 Å². The first-order valence-electron chi connectivity index (χ1n) is 10.6. The maximum atomic E-state index is 13.2. The molecule has 4 aromatic rings. The van der Waals surface area contributed by atoms with Gasteiger partial charge in [-0.2, -0.15) is 0 Å². The molecule has 0 spiro atoms. The van der Waals surface area contributed by atoms with Gasteiger partial charge in [-0.1, -0.05) is 60.1 Å². The average Bonchev–Trinajstić information content (AvgIpc) is 3.25. The van der Waals surface area contributed by atoms with Crippen molar-refractivity contribution in [1.29, 1.82) is 0 Å². The monoisotopic (exact) mass is 461 g/mol. The lowest BCUT2D eigenvalue weighted by Crippen LogP contribution is -2.47. The number of benzene rings is 3. The lowest BCUT2D eigenvalue weighted by Gasteiger charge is -2.19. The minimum atomic E-state index is -0.803. The molecule has 6 nitrogen and oxygen atoms in total. The molecule has 0 saturated heterocycles. The normalized spacial score (nSPS) is 11.7.